The maximum Gasteiger partial charge on any atom is 0.118 e. The molecule has 0 saturated heterocycles. The zero-order valence-electron chi connectivity index (χ0n) is 13.1. The van der Waals surface area contributed by atoms with E-state index in [1.54, 1.807) is 6.07 Å². The van der Waals surface area contributed by atoms with Crippen molar-refractivity contribution in [1.82, 2.24) is 0 Å². The van der Waals surface area contributed by atoms with Crippen LogP contribution in [0, 0.1) is 0 Å². The largest absolute Gasteiger partial charge is 0.508 e. The van der Waals surface area contributed by atoms with Crippen LogP contribution in [0.2, 0.25) is 0 Å². The average molecular weight is 276 g/mol. The van der Waals surface area contributed by atoms with Crippen molar-refractivity contribution >= 4 is 0 Å². The van der Waals surface area contributed by atoms with Crippen molar-refractivity contribution in [2.75, 3.05) is 0 Å². The van der Waals surface area contributed by atoms with Crippen molar-refractivity contribution in [2.45, 2.75) is 76.9 Å². The van der Waals surface area contributed by atoms with Crippen molar-refractivity contribution < 1.29 is 9.84 Å². The number of benzene rings is 1. The highest BCUT2D eigenvalue weighted by molar-refractivity contribution is 5.32. The molecule has 2 nitrogen and oxygen atoms in total. The van der Waals surface area contributed by atoms with Gasteiger partial charge in [-0.15, -0.1) is 0 Å². The number of ether oxygens (including phenoxy) is 1. The fourth-order valence-corrected chi connectivity index (χ4v) is 3.47. The Morgan fingerprint density at radius 2 is 1.80 bits per heavy atom. The minimum absolute atomic E-state index is 0.0478. The summed E-state index contributed by atoms with van der Waals surface area (Å²) in [6.45, 7) is 6.53. The van der Waals surface area contributed by atoms with E-state index in [4.69, 9.17) is 4.74 Å². The van der Waals surface area contributed by atoms with Gasteiger partial charge in [0.25, 0.3) is 0 Å². The van der Waals surface area contributed by atoms with Crippen LogP contribution in [0.15, 0.2) is 24.3 Å². The highest BCUT2D eigenvalue weighted by atomic mass is 16.5. The number of hydrogen-bond acceptors (Lipinski definition) is 2. The van der Waals surface area contributed by atoms with Crippen molar-refractivity contribution in [1.29, 1.82) is 0 Å². The molecule has 20 heavy (non-hydrogen) atoms. The molecule has 1 aliphatic rings. The summed E-state index contributed by atoms with van der Waals surface area (Å²) in [6.07, 6.45) is 8.08. The molecule has 1 saturated carbocycles. The molecule has 1 aromatic rings. The third-order valence-corrected chi connectivity index (χ3v) is 4.51. The molecule has 1 aromatic carbocycles. The Balaban J connectivity index is 2.08. The predicted octanol–water partition coefficient (Wildman–Crippen LogP) is 4.84. The highest BCUT2D eigenvalue weighted by Crippen LogP contribution is 2.39. The first-order chi connectivity index (χ1) is 9.46. The molecule has 0 atom stereocenters. The van der Waals surface area contributed by atoms with Gasteiger partial charge in [-0.25, -0.2) is 0 Å². The van der Waals surface area contributed by atoms with Crippen LogP contribution >= 0.6 is 0 Å². The summed E-state index contributed by atoms with van der Waals surface area (Å²) in [6, 6.07) is 7.57. The van der Waals surface area contributed by atoms with Crippen LogP contribution in [0.4, 0.5) is 0 Å². The van der Waals surface area contributed by atoms with E-state index in [1.807, 2.05) is 18.2 Å². The van der Waals surface area contributed by atoms with Crippen molar-refractivity contribution in [3.8, 4) is 5.75 Å². The highest BCUT2D eigenvalue weighted by Gasteiger charge is 2.37. The molecule has 0 spiro atoms. The Bertz CT molecular complexity index is 431. The first-order valence-corrected chi connectivity index (χ1v) is 7.93. The van der Waals surface area contributed by atoms with Gasteiger partial charge in [-0.2, -0.15) is 0 Å². The Kier molecular flexibility index (Phi) is 4.74. The quantitative estimate of drug-likeness (QED) is 0.833. The number of phenols is 1. The number of para-hydroxylation sites is 1. The van der Waals surface area contributed by atoms with E-state index in [2.05, 4.69) is 20.8 Å². The Morgan fingerprint density at radius 1 is 1.15 bits per heavy atom. The van der Waals surface area contributed by atoms with Gasteiger partial charge in [-0.05, 0) is 44.7 Å². The second-order valence-corrected chi connectivity index (χ2v) is 6.76. The number of phenolic OH excluding ortho intramolecular Hbond substituents is 1. The predicted molar refractivity (Wildman–Crippen MR) is 83.1 cm³/mol. The lowest BCUT2D eigenvalue weighted by molar-refractivity contribution is -0.157. The minimum Gasteiger partial charge on any atom is -0.508 e. The molecule has 112 valence electrons. The molecular formula is C18H28O2. The summed E-state index contributed by atoms with van der Waals surface area (Å²) >= 11 is 0. The fourth-order valence-electron chi connectivity index (χ4n) is 3.47. The molecule has 1 aliphatic carbocycles. The summed E-state index contributed by atoms with van der Waals surface area (Å²) in [5.74, 6) is 0.373. The minimum atomic E-state index is -0.244. The smallest absolute Gasteiger partial charge is 0.118 e. The normalized spacial score (nSPS) is 18.9. The van der Waals surface area contributed by atoms with Crippen LogP contribution in [0.5, 0.6) is 5.75 Å². The SMILES string of the molecule is CCC1(OC(C)(C)Cc2ccccc2O)CCCCC1. The maximum atomic E-state index is 9.95. The van der Waals surface area contributed by atoms with Crippen LogP contribution in [-0.4, -0.2) is 16.3 Å². The summed E-state index contributed by atoms with van der Waals surface area (Å²) in [7, 11) is 0. The molecule has 0 heterocycles. The van der Waals surface area contributed by atoms with Gasteiger partial charge in [0.1, 0.15) is 5.75 Å². The van der Waals surface area contributed by atoms with Gasteiger partial charge in [0, 0.05) is 6.42 Å². The lowest BCUT2D eigenvalue weighted by Gasteiger charge is -2.43. The number of aromatic hydroxyl groups is 1. The molecule has 0 amide bonds. The Hall–Kier alpha value is -1.02. The van der Waals surface area contributed by atoms with Gasteiger partial charge < -0.3 is 9.84 Å². The molecule has 0 aromatic heterocycles. The van der Waals surface area contributed by atoms with E-state index < -0.39 is 0 Å². The summed E-state index contributed by atoms with van der Waals surface area (Å²) < 4.78 is 6.56. The van der Waals surface area contributed by atoms with Crippen molar-refractivity contribution in [3.63, 3.8) is 0 Å². The van der Waals surface area contributed by atoms with Gasteiger partial charge in [0.15, 0.2) is 0 Å². The molecule has 2 rings (SSSR count). The van der Waals surface area contributed by atoms with Gasteiger partial charge >= 0.3 is 0 Å². The maximum absolute atomic E-state index is 9.95. The van der Waals surface area contributed by atoms with E-state index in [0.717, 1.165) is 18.4 Å². The number of hydrogen-bond donors (Lipinski definition) is 1. The van der Waals surface area contributed by atoms with Crippen LogP contribution in [0.25, 0.3) is 0 Å². The summed E-state index contributed by atoms with van der Waals surface area (Å²) in [4.78, 5) is 0. The number of rotatable bonds is 5. The molecular weight excluding hydrogens is 248 g/mol. The molecule has 1 N–H and O–H groups in total. The first kappa shape index (κ1) is 15.4. The standard InChI is InChI=1S/C18H28O2/c1-4-18(12-8-5-9-13-18)20-17(2,3)14-15-10-6-7-11-16(15)19/h6-7,10-11,19H,4-5,8-9,12-14H2,1-3H3. The summed E-state index contributed by atoms with van der Waals surface area (Å²) in [5.41, 5.74) is 0.776. The fraction of sp³-hybridized carbons (Fsp3) is 0.667. The Morgan fingerprint density at radius 3 is 2.40 bits per heavy atom. The second kappa shape index (κ2) is 6.17. The topological polar surface area (TPSA) is 29.5 Å². The lowest BCUT2D eigenvalue weighted by Crippen LogP contribution is -2.43. The molecule has 0 bridgehead atoms. The Labute approximate surface area is 123 Å². The molecule has 0 aliphatic heterocycles. The van der Waals surface area contributed by atoms with E-state index in [-0.39, 0.29) is 11.2 Å². The monoisotopic (exact) mass is 276 g/mol. The van der Waals surface area contributed by atoms with Crippen molar-refractivity contribution in [3.05, 3.63) is 29.8 Å². The third-order valence-electron chi connectivity index (χ3n) is 4.51. The zero-order valence-corrected chi connectivity index (χ0v) is 13.1. The average Bonchev–Trinajstić information content (AvgIpc) is 2.42. The van der Waals surface area contributed by atoms with Gasteiger partial charge in [-0.3, -0.25) is 0 Å². The van der Waals surface area contributed by atoms with Gasteiger partial charge in [0.05, 0.1) is 11.2 Å². The van der Waals surface area contributed by atoms with E-state index >= 15 is 0 Å². The van der Waals surface area contributed by atoms with Gasteiger partial charge in [0.2, 0.25) is 0 Å². The molecule has 0 radical (unpaired) electrons. The third kappa shape index (κ3) is 3.76. The first-order valence-electron chi connectivity index (χ1n) is 7.93. The second-order valence-electron chi connectivity index (χ2n) is 6.76. The zero-order chi connectivity index (χ0) is 14.6. The van der Waals surface area contributed by atoms with E-state index in [0.29, 0.717) is 5.75 Å². The van der Waals surface area contributed by atoms with Crippen LogP contribution < -0.4 is 0 Å². The van der Waals surface area contributed by atoms with E-state index in [1.165, 1.54) is 32.1 Å². The lowest BCUT2D eigenvalue weighted by atomic mass is 9.81. The van der Waals surface area contributed by atoms with Crippen LogP contribution in [-0.2, 0) is 11.2 Å². The molecule has 1 fully saturated rings. The van der Waals surface area contributed by atoms with Crippen LogP contribution in [0.3, 0.4) is 0 Å². The molecule has 2 heteroatoms. The van der Waals surface area contributed by atoms with Crippen molar-refractivity contribution in [2.24, 2.45) is 0 Å². The molecule has 0 unspecified atom stereocenters. The van der Waals surface area contributed by atoms with Gasteiger partial charge in [-0.1, -0.05) is 44.4 Å². The summed E-state index contributed by atoms with van der Waals surface area (Å²) in [5, 5.41) is 9.95. The van der Waals surface area contributed by atoms with Crippen LogP contribution in [0.1, 0.15) is 64.9 Å². The van der Waals surface area contributed by atoms with E-state index in [9.17, 15) is 5.11 Å².